The Kier molecular flexibility index (Phi) is 3.59. The number of nitrogens with zero attached hydrogens (tertiary/aromatic N) is 1. The highest BCUT2D eigenvalue weighted by molar-refractivity contribution is 5.85. The van der Waals surface area contributed by atoms with Crippen LogP contribution in [0, 0.1) is 11.3 Å². The van der Waals surface area contributed by atoms with E-state index in [4.69, 9.17) is 4.74 Å². The summed E-state index contributed by atoms with van der Waals surface area (Å²) in [6, 6.07) is 7.82. The van der Waals surface area contributed by atoms with Crippen LogP contribution in [0.4, 0.5) is 0 Å². The number of rotatable bonds is 4. The molecule has 2 fully saturated rings. The first kappa shape index (κ1) is 14.9. The third-order valence-electron chi connectivity index (χ3n) is 4.93. The van der Waals surface area contributed by atoms with Crippen LogP contribution in [0.1, 0.15) is 31.2 Å². The average Bonchev–Trinajstić information content (AvgIpc) is 3.22. The van der Waals surface area contributed by atoms with E-state index in [2.05, 4.69) is 0 Å². The summed E-state index contributed by atoms with van der Waals surface area (Å²) in [4.78, 5) is 25.6. The smallest absolute Gasteiger partial charge is 0.311 e. The Morgan fingerprint density at radius 3 is 2.82 bits per heavy atom. The molecule has 1 aliphatic carbocycles. The van der Waals surface area contributed by atoms with Crippen LogP contribution in [-0.4, -0.2) is 42.1 Å². The van der Waals surface area contributed by atoms with Gasteiger partial charge in [-0.25, -0.2) is 0 Å². The van der Waals surface area contributed by atoms with Crippen molar-refractivity contribution in [2.24, 2.45) is 11.3 Å². The Bertz CT molecular complexity index is 614. The summed E-state index contributed by atoms with van der Waals surface area (Å²) in [7, 11) is 1.63. The number of hydrogen-bond donors (Lipinski definition) is 1. The maximum Gasteiger partial charge on any atom is 0.311 e. The van der Waals surface area contributed by atoms with E-state index in [0.29, 0.717) is 19.5 Å². The molecular formula is C17H21NO4. The predicted molar refractivity (Wildman–Crippen MR) is 80.8 cm³/mol. The zero-order chi connectivity index (χ0) is 15.9. The van der Waals surface area contributed by atoms with Gasteiger partial charge in [-0.3, -0.25) is 9.59 Å². The molecule has 1 saturated heterocycles. The van der Waals surface area contributed by atoms with Crippen LogP contribution in [0.25, 0.3) is 0 Å². The van der Waals surface area contributed by atoms with Gasteiger partial charge in [0.1, 0.15) is 5.75 Å². The van der Waals surface area contributed by atoms with Gasteiger partial charge in [-0.05, 0) is 43.4 Å². The monoisotopic (exact) mass is 303 g/mol. The lowest BCUT2D eigenvalue weighted by Crippen LogP contribution is -2.35. The normalized spacial score (nSPS) is 30.2. The number of carboxylic acids is 1. The number of likely N-dealkylation sites (tertiary alicyclic amines) is 1. The largest absolute Gasteiger partial charge is 0.497 e. The molecule has 1 aromatic rings. The third-order valence-corrected chi connectivity index (χ3v) is 4.93. The van der Waals surface area contributed by atoms with Crippen molar-refractivity contribution < 1.29 is 19.4 Å². The lowest BCUT2D eigenvalue weighted by Gasteiger charge is -2.20. The zero-order valence-corrected chi connectivity index (χ0v) is 12.9. The number of amides is 1. The van der Waals surface area contributed by atoms with Gasteiger partial charge in [-0.15, -0.1) is 0 Å². The molecule has 1 saturated carbocycles. The Hall–Kier alpha value is -2.04. The van der Waals surface area contributed by atoms with Gasteiger partial charge in [0.05, 0.1) is 12.5 Å². The number of ether oxygens (including phenoxy) is 1. The van der Waals surface area contributed by atoms with Crippen molar-refractivity contribution in [1.29, 1.82) is 0 Å². The second-order valence-corrected chi connectivity index (χ2v) is 6.60. The fraction of sp³-hybridized carbons (Fsp3) is 0.529. The minimum atomic E-state index is -0.817. The Morgan fingerprint density at radius 2 is 2.18 bits per heavy atom. The van der Waals surface area contributed by atoms with Gasteiger partial charge in [-0.2, -0.15) is 0 Å². The van der Waals surface area contributed by atoms with E-state index in [1.54, 1.807) is 18.9 Å². The summed E-state index contributed by atoms with van der Waals surface area (Å²) in [6.45, 7) is 2.58. The summed E-state index contributed by atoms with van der Waals surface area (Å²) in [6.07, 6.45) is 1.37. The third kappa shape index (κ3) is 2.56. The van der Waals surface area contributed by atoms with Gasteiger partial charge in [0, 0.05) is 19.0 Å². The summed E-state index contributed by atoms with van der Waals surface area (Å²) in [5.74, 6) is 0.304. The average molecular weight is 303 g/mol. The molecule has 1 aliphatic heterocycles. The number of aliphatic carboxylic acids is 1. The summed E-state index contributed by atoms with van der Waals surface area (Å²) in [5.41, 5.74) is 0.327. The summed E-state index contributed by atoms with van der Waals surface area (Å²) in [5, 5.41) is 9.26. The first-order valence-corrected chi connectivity index (χ1v) is 7.61. The van der Waals surface area contributed by atoms with Crippen LogP contribution in [0.5, 0.6) is 5.75 Å². The minimum absolute atomic E-state index is 0.0109. The van der Waals surface area contributed by atoms with Crippen molar-refractivity contribution in [3.05, 3.63) is 29.8 Å². The van der Waals surface area contributed by atoms with Crippen molar-refractivity contribution >= 4 is 11.9 Å². The number of methoxy groups -OCH3 is 1. The van der Waals surface area contributed by atoms with Crippen LogP contribution in [0.3, 0.4) is 0 Å². The standard InChI is InChI=1S/C17H21NO4/c1-17(16(20)21)6-7-18(10-17)15(19)14-9-13(14)11-4-3-5-12(8-11)22-2/h3-5,8,13-14H,6-7,9-10H2,1-2H3,(H,20,21)/t13-,14-,17+/m0/s1. The summed E-state index contributed by atoms with van der Waals surface area (Å²) < 4.78 is 5.22. The molecule has 5 nitrogen and oxygen atoms in total. The van der Waals surface area contributed by atoms with Crippen LogP contribution in [0.2, 0.25) is 0 Å². The highest BCUT2D eigenvalue weighted by Crippen LogP contribution is 2.49. The van der Waals surface area contributed by atoms with Crippen LogP contribution in [-0.2, 0) is 9.59 Å². The van der Waals surface area contributed by atoms with Gasteiger partial charge < -0.3 is 14.7 Å². The van der Waals surface area contributed by atoms with Gasteiger partial charge in [0.25, 0.3) is 0 Å². The maximum absolute atomic E-state index is 12.6. The van der Waals surface area contributed by atoms with E-state index in [1.165, 1.54) is 0 Å². The molecule has 0 bridgehead atoms. The van der Waals surface area contributed by atoms with Crippen LogP contribution >= 0.6 is 0 Å². The molecule has 118 valence electrons. The number of carboxylic acid groups (broad SMARTS) is 1. The summed E-state index contributed by atoms with van der Waals surface area (Å²) >= 11 is 0. The fourth-order valence-corrected chi connectivity index (χ4v) is 3.27. The topological polar surface area (TPSA) is 66.8 Å². The van der Waals surface area contributed by atoms with Crippen molar-refractivity contribution in [2.45, 2.75) is 25.7 Å². The SMILES string of the molecule is COc1cccc([C@@H]2C[C@@H]2C(=O)N2CC[C@@](C)(C(=O)O)C2)c1. The fourth-order valence-electron chi connectivity index (χ4n) is 3.27. The molecular weight excluding hydrogens is 282 g/mol. The van der Waals surface area contributed by atoms with Crippen LogP contribution < -0.4 is 4.74 Å². The molecule has 1 heterocycles. The van der Waals surface area contributed by atoms with Gasteiger partial charge >= 0.3 is 5.97 Å². The van der Waals surface area contributed by atoms with Gasteiger partial charge in [0.15, 0.2) is 0 Å². The molecule has 3 rings (SSSR count). The number of hydrogen-bond acceptors (Lipinski definition) is 3. The second kappa shape index (κ2) is 5.30. The lowest BCUT2D eigenvalue weighted by molar-refractivity contribution is -0.147. The molecule has 0 aromatic heterocycles. The van der Waals surface area contributed by atoms with E-state index in [-0.39, 0.29) is 17.7 Å². The number of carbonyl (C=O) groups is 2. The molecule has 1 aromatic carbocycles. The molecule has 1 amide bonds. The van der Waals surface area contributed by atoms with Crippen molar-refractivity contribution in [3.8, 4) is 5.75 Å². The van der Waals surface area contributed by atoms with E-state index in [0.717, 1.165) is 17.7 Å². The van der Waals surface area contributed by atoms with E-state index >= 15 is 0 Å². The van der Waals surface area contributed by atoms with Crippen molar-refractivity contribution in [1.82, 2.24) is 4.90 Å². The molecule has 5 heteroatoms. The zero-order valence-electron chi connectivity index (χ0n) is 12.9. The first-order chi connectivity index (χ1) is 10.4. The molecule has 0 radical (unpaired) electrons. The predicted octanol–water partition coefficient (Wildman–Crippen LogP) is 2.12. The molecule has 0 spiro atoms. The van der Waals surface area contributed by atoms with Crippen molar-refractivity contribution in [3.63, 3.8) is 0 Å². The molecule has 1 N–H and O–H groups in total. The second-order valence-electron chi connectivity index (χ2n) is 6.60. The molecule has 3 atom stereocenters. The maximum atomic E-state index is 12.6. The molecule has 0 unspecified atom stereocenters. The van der Waals surface area contributed by atoms with E-state index < -0.39 is 11.4 Å². The van der Waals surface area contributed by atoms with Gasteiger partial charge in [0.2, 0.25) is 5.91 Å². The highest BCUT2D eigenvalue weighted by atomic mass is 16.5. The Morgan fingerprint density at radius 1 is 1.41 bits per heavy atom. The number of benzene rings is 1. The minimum Gasteiger partial charge on any atom is -0.497 e. The first-order valence-electron chi connectivity index (χ1n) is 7.61. The molecule has 2 aliphatic rings. The lowest BCUT2D eigenvalue weighted by atomic mass is 9.90. The van der Waals surface area contributed by atoms with E-state index in [1.807, 2.05) is 24.3 Å². The van der Waals surface area contributed by atoms with Gasteiger partial charge in [-0.1, -0.05) is 12.1 Å². The van der Waals surface area contributed by atoms with Crippen LogP contribution in [0.15, 0.2) is 24.3 Å². The highest BCUT2D eigenvalue weighted by Gasteiger charge is 2.49. The number of carbonyl (C=O) groups excluding carboxylic acids is 1. The Balaban J connectivity index is 1.65. The quantitative estimate of drug-likeness (QED) is 0.925. The Labute approximate surface area is 129 Å². The van der Waals surface area contributed by atoms with E-state index in [9.17, 15) is 14.7 Å². The van der Waals surface area contributed by atoms with Crippen molar-refractivity contribution in [2.75, 3.05) is 20.2 Å². The molecule has 22 heavy (non-hydrogen) atoms.